The van der Waals surface area contributed by atoms with Gasteiger partial charge < -0.3 is 9.84 Å². The average molecular weight is 258 g/mol. The minimum atomic E-state index is -3.57. The molecular formula is C11H14O5S. The zero-order valence-electron chi connectivity index (χ0n) is 9.58. The lowest BCUT2D eigenvalue weighted by molar-refractivity contribution is -0.140. The van der Waals surface area contributed by atoms with Gasteiger partial charge in [0.25, 0.3) is 0 Å². The predicted octanol–water partition coefficient (Wildman–Crippen LogP) is 1.19. The Hall–Kier alpha value is -1.56. The Morgan fingerprint density at radius 3 is 2.29 bits per heavy atom. The average Bonchev–Trinajstić information content (AvgIpc) is 2.28. The predicted molar refractivity (Wildman–Crippen MR) is 61.8 cm³/mol. The molecule has 94 valence electrons. The molecular weight excluding hydrogens is 244 g/mol. The monoisotopic (exact) mass is 258 g/mol. The molecule has 0 amide bonds. The molecule has 0 fully saturated rings. The Morgan fingerprint density at radius 1 is 1.35 bits per heavy atom. The fourth-order valence-corrected chi connectivity index (χ4v) is 2.82. The lowest BCUT2D eigenvalue weighted by Crippen LogP contribution is -2.21. The van der Waals surface area contributed by atoms with Gasteiger partial charge in [0, 0.05) is 0 Å². The number of hydrogen-bond donors (Lipinski definition) is 1. The van der Waals surface area contributed by atoms with Crippen molar-refractivity contribution < 1.29 is 23.1 Å². The van der Waals surface area contributed by atoms with Crippen molar-refractivity contribution in [2.24, 2.45) is 5.92 Å². The van der Waals surface area contributed by atoms with Crippen LogP contribution in [0.25, 0.3) is 0 Å². The maximum absolute atomic E-state index is 11.8. The van der Waals surface area contributed by atoms with Crippen molar-refractivity contribution in [3.05, 3.63) is 24.3 Å². The van der Waals surface area contributed by atoms with Crippen LogP contribution in [0.4, 0.5) is 0 Å². The van der Waals surface area contributed by atoms with E-state index in [1.165, 1.54) is 38.3 Å². The maximum atomic E-state index is 11.8. The Bertz CT molecular complexity index is 489. The van der Waals surface area contributed by atoms with Gasteiger partial charge in [-0.3, -0.25) is 4.79 Å². The summed E-state index contributed by atoms with van der Waals surface area (Å²) in [6.07, 6.45) is 0. The highest BCUT2D eigenvalue weighted by Crippen LogP contribution is 2.18. The topological polar surface area (TPSA) is 80.7 Å². The fraction of sp³-hybridized carbons (Fsp3) is 0.364. The van der Waals surface area contributed by atoms with Gasteiger partial charge in [0.1, 0.15) is 5.75 Å². The van der Waals surface area contributed by atoms with Gasteiger partial charge in [-0.2, -0.15) is 0 Å². The first-order valence-electron chi connectivity index (χ1n) is 4.96. The molecule has 6 heteroatoms. The first-order valence-corrected chi connectivity index (χ1v) is 6.61. The number of sulfone groups is 1. The molecule has 0 aliphatic rings. The number of carbonyl (C=O) groups is 1. The molecule has 0 aliphatic carbocycles. The molecule has 1 N–H and O–H groups in total. The van der Waals surface area contributed by atoms with Crippen molar-refractivity contribution >= 4 is 15.8 Å². The van der Waals surface area contributed by atoms with E-state index in [9.17, 15) is 13.2 Å². The molecule has 1 aromatic rings. The summed E-state index contributed by atoms with van der Waals surface area (Å²) < 4.78 is 28.6. The number of carboxylic acids is 1. The number of rotatable bonds is 5. The van der Waals surface area contributed by atoms with Crippen molar-refractivity contribution in [1.29, 1.82) is 0 Å². The molecule has 0 spiro atoms. The summed E-state index contributed by atoms with van der Waals surface area (Å²) in [5, 5.41) is 8.69. The second-order valence-electron chi connectivity index (χ2n) is 3.70. The Labute approximate surface area is 100.0 Å². The first kappa shape index (κ1) is 13.5. The van der Waals surface area contributed by atoms with Gasteiger partial charge in [-0.05, 0) is 24.3 Å². The molecule has 0 heterocycles. The molecule has 17 heavy (non-hydrogen) atoms. The number of methoxy groups -OCH3 is 1. The molecule has 0 aliphatic heterocycles. The van der Waals surface area contributed by atoms with Gasteiger partial charge >= 0.3 is 5.97 Å². The lowest BCUT2D eigenvalue weighted by atomic mass is 10.2. The molecule has 5 nitrogen and oxygen atoms in total. The normalized spacial score (nSPS) is 13.1. The molecule has 0 saturated heterocycles. The fourth-order valence-electron chi connectivity index (χ4n) is 1.28. The van der Waals surface area contributed by atoms with E-state index in [2.05, 4.69) is 0 Å². The van der Waals surface area contributed by atoms with E-state index < -0.39 is 27.5 Å². The van der Waals surface area contributed by atoms with Crippen LogP contribution in [-0.4, -0.2) is 32.4 Å². The largest absolute Gasteiger partial charge is 0.497 e. The van der Waals surface area contributed by atoms with Crippen LogP contribution >= 0.6 is 0 Å². The van der Waals surface area contributed by atoms with E-state index in [1.54, 1.807) is 0 Å². The van der Waals surface area contributed by atoms with Crippen LogP contribution in [-0.2, 0) is 14.6 Å². The summed E-state index contributed by atoms with van der Waals surface area (Å²) in [4.78, 5) is 10.7. The maximum Gasteiger partial charge on any atom is 0.307 e. The van der Waals surface area contributed by atoms with E-state index in [-0.39, 0.29) is 4.90 Å². The van der Waals surface area contributed by atoms with Gasteiger partial charge in [-0.1, -0.05) is 6.92 Å². The SMILES string of the molecule is COc1ccc(S(=O)(=O)CC(C)C(=O)O)cc1. The molecule has 0 saturated carbocycles. The molecule has 0 aromatic heterocycles. The Morgan fingerprint density at radius 2 is 1.88 bits per heavy atom. The number of benzene rings is 1. The summed E-state index contributed by atoms with van der Waals surface area (Å²) in [5.74, 6) is -1.91. The van der Waals surface area contributed by atoms with E-state index in [0.717, 1.165) is 0 Å². The molecule has 1 unspecified atom stereocenters. The van der Waals surface area contributed by atoms with Crippen LogP contribution in [0.15, 0.2) is 29.2 Å². The van der Waals surface area contributed by atoms with Crippen LogP contribution in [0.1, 0.15) is 6.92 Å². The number of aliphatic carboxylic acids is 1. The van der Waals surface area contributed by atoms with Gasteiger partial charge in [-0.15, -0.1) is 0 Å². The smallest absolute Gasteiger partial charge is 0.307 e. The summed E-state index contributed by atoms with van der Waals surface area (Å²) >= 11 is 0. The molecule has 1 aromatic carbocycles. The van der Waals surface area contributed by atoms with E-state index in [0.29, 0.717) is 5.75 Å². The minimum absolute atomic E-state index is 0.103. The highest BCUT2D eigenvalue weighted by molar-refractivity contribution is 7.91. The van der Waals surface area contributed by atoms with Crippen molar-refractivity contribution in [1.82, 2.24) is 0 Å². The molecule has 1 atom stereocenters. The van der Waals surface area contributed by atoms with Crippen LogP contribution in [0.2, 0.25) is 0 Å². The van der Waals surface area contributed by atoms with Crippen molar-refractivity contribution in [3.63, 3.8) is 0 Å². The van der Waals surface area contributed by atoms with E-state index in [1.807, 2.05) is 0 Å². The number of carboxylic acid groups (broad SMARTS) is 1. The lowest BCUT2D eigenvalue weighted by Gasteiger charge is -2.08. The number of ether oxygens (including phenoxy) is 1. The van der Waals surface area contributed by atoms with Crippen LogP contribution in [0.3, 0.4) is 0 Å². The zero-order chi connectivity index (χ0) is 13.1. The van der Waals surface area contributed by atoms with Crippen molar-refractivity contribution in [3.8, 4) is 5.75 Å². The van der Waals surface area contributed by atoms with Gasteiger partial charge in [0.15, 0.2) is 9.84 Å². The molecule has 0 bridgehead atoms. The zero-order valence-corrected chi connectivity index (χ0v) is 10.4. The Balaban J connectivity index is 2.93. The summed E-state index contributed by atoms with van der Waals surface area (Å²) in [7, 11) is -2.08. The van der Waals surface area contributed by atoms with E-state index >= 15 is 0 Å². The van der Waals surface area contributed by atoms with E-state index in [4.69, 9.17) is 9.84 Å². The van der Waals surface area contributed by atoms with Crippen LogP contribution < -0.4 is 4.74 Å². The number of hydrogen-bond acceptors (Lipinski definition) is 4. The van der Waals surface area contributed by atoms with Gasteiger partial charge in [0.2, 0.25) is 0 Å². The Kier molecular flexibility index (Phi) is 4.11. The molecule has 1 rings (SSSR count). The highest BCUT2D eigenvalue weighted by atomic mass is 32.2. The van der Waals surface area contributed by atoms with Gasteiger partial charge in [-0.25, -0.2) is 8.42 Å². The van der Waals surface area contributed by atoms with Crippen molar-refractivity contribution in [2.45, 2.75) is 11.8 Å². The second kappa shape index (κ2) is 5.18. The highest BCUT2D eigenvalue weighted by Gasteiger charge is 2.22. The second-order valence-corrected chi connectivity index (χ2v) is 5.73. The third-order valence-corrected chi connectivity index (χ3v) is 4.24. The summed E-state index contributed by atoms with van der Waals surface area (Å²) in [6.45, 7) is 1.36. The summed E-state index contributed by atoms with van der Waals surface area (Å²) in [5.41, 5.74) is 0. The molecule has 0 radical (unpaired) electrons. The standard InChI is InChI=1S/C11H14O5S/c1-8(11(12)13)7-17(14,15)10-5-3-9(16-2)4-6-10/h3-6,8H,7H2,1-2H3,(H,12,13). The summed E-state index contributed by atoms with van der Waals surface area (Å²) in [6, 6.07) is 5.86. The van der Waals surface area contributed by atoms with Crippen LogP contribution in [0.5, 0.6) is 5.75 Å². The van der Waals surface area contributed by atoms with Crippen molar-refractivity contribution in [2.75, 3.05) is 12.9 Å². The quantitative estimate of drug-likeness (QED) is 0.858. The minimum Gasteiger partial charge on any atom is -0.497 e. The first-order chi connectivity index (χ1) is 7.86. The third-order valence-electron chi connectivity index (χ3n) is 2.31. The van der Waals surface area contributed by atoms with Gasteiger partial charge in [0.05, 0.1) is 23.7 Å². The third kappa shape index (κ3) is 3.45. The van der Waals surface area contributed by atoms with Crippen LogP contribution in [0, 0.1) is 5.92 Å².